The molecule has 3 nitrogen and oxygen atoms in total. The van der Waals surface area contributed by atoms with Gasteiger partial charge in [0.15, 0.2) is 5.78 Å². The van der Waals surface area contributed by atoms with Crippen molar-refractivity contribution in [3.8, 4) is 0 Å². The summed E-state index contributed by atoms with van der Waals surface area (Å²) < 4.78 is 15.9. The van der Waals surface area contributed by atoms with E-state index in [1.54, 1.807) is 22.9 Å². The van der Waals surface area contributed by atoms with E-state index < -0.39 is 5.82 Å². The van der Waals surface area contributed by atoms with Crippen molar-refractivity contribution < 1.29 is 9.18 Å². The number of nitrogens with zero attached hydrogens (tertiary/aromatic N) is 2. The van der Waals surface area contributed by atoms with Gasteiger partial charge in [-0.25, -0.2) is 4.39 Å². The van der Waals surface area contributed by atoms with Gasteiger partial charge in [-0.2, -0.15) is 5.10 Å². The van der Waals surface area contributed by atoms with Crippen LogP contribution in [0.3, 0.4) is 0 Å². The van der Waals surface area contributed by atoms with Gasteiger partial charge in [-0.1, -0.05) is 6.07 Å². The first-order chi connectivity index (χ1) is 8.99. The highest BCUT2D eigenvalue weighted by Gasteiger charge is 2.15. The van der Waals surface area contributed by atoms with E-state index in [1.165, 1.54) is 6.07 Å². The molecule has 19 heavy (non-hydrogen) atoms. The molecule has 0 unspecified atom stereocenters. The first kappa shape index (κ1) is 13.9. The minimum Gasteiger partial charge on any atom is -0.294 e. The smallest absolute Gasteiger partial charge is 0.171 e. The van der Waals surface area contributed by atoms with Gasteiger partial charge in [-0.3, -0.25) is 9.48 Å². The fraction of sp³-hybridized carbons (Fsp3) is 0.286. The van der Waals surface area contributed by atoms with Crippen molar-refractivity contribution in [3.63, 3.8) is 0 Å². The fourth-order valence-electron chi connectivity index (χ4n) is 1.74. The Labute approximate surface area is 119 Å². The van der Waals surface area contributed by atoms with E-state index in [9.17, 15) is 9.18 Å². The van der Waals surface area contributed by atoms with E-state index in [4.69, 9.17) is 0 Å². The molecule has 0 aliphatic heterocycles. The van der Waals surface area contributed by atoms with Gasteiger partial charge in [-0.05, 0) is 48.0 Å². The van der Waals surface area contributed by atoms with Crippen LogP contribution in [0.25, 0.3) is 0 Å². The Morgan fingerprint density at radius 3 is 2.79 bits per heavy atom. The van der Waals surface area contributed by atoms with Gasteiger partial charge in [0.2, 0.25) is 0 Å². The number of benzene rings is 1. The van der Waals surface area contributed by atoms with Gasteiger partial charge in [0.25, 0.3) is 0 Å². The van der Waals surface area contributed by atoms with Crippen molar-refractivity contribution in [2.45, 2.75) is 26.3 Å². The zero-order chi connectivity index (χ0) is 14.0. The third-order valence-corrected chi connectivity index (χ3v) is 3.40. The Bertz CT molecular complexity index is 607. The molecule has 2 aromatic rings. The number of ketones is 1. The largest absolute Gasteiger partial charge is 0.294 e. The highest BCUT2D eigenvalue weighted by molar-refractivity contribution is 9.10. The van der Waals surface area contributed by atoms with Crippen molar-refractivity contribution in [2.24, 2.45) is 0 Å². The van der Waals surface area contributed by atoms with Crippen molar-refractivity contribution in [3.05, 3.63) is 52.0 Å². The molecule has 0 radical (unpaired) electrons. The molecule has 0 atom stereocenters. The summed E-state index contributed by atoms with van der Waals surface area (Å²) in [5, 5.41) is 4.29. The van der Waals surface area contributed by atoms with E-state index in [0.29, 0.717) is 10.2 Å². The monoisotopic (exact) mass is 324 g/mol. The molecular weight excluding hydrogens is 311 g/mol. The topological polar surface area (TPSA) is 34.9 Å². The molecule has 5 heteroatoms. The van der Waals surface area contributed by atoms with Crippen molar-refractivity contribution >= 4 is 21.7 Å². The van der Waals surface area contributed by atoms with Gasteiger partial charge in [0, 0.05) is 12.2 Å². The van der Waals surface area contributed by atoms with Crippen LogP contribution in [0.5, 0.6) is 0 Å². The Hall–Kier alpha value is -1.49. The van der Waals surface area contributed by atoms with Crippen LogP contribution in [-0.4, -0.2) is 15.6 Å². The minimum absolute atomic E-state index is 0.0912. The second-order valence-corrected chi connectivity index (χ2v) is 5.44. The molecule has 0 spiro atoms. The Morgan fingerprint density at radius 1 is 1.42 bits per heavy atom. The highest BCUT2D eigenvalue weighted by atomic mass is 79.9. The quantitative estimate of drug-likeness (QED) is 0.802. The molecule has 0 amide bonds. The molecule has 1 aromatic heterocycles. The van der Waals surface area contributed by atoms with Crippen LogP contribution in [0.4, 0.5) is 4.39 Å². The number of aromatic nitrogens is 2. The molecule has 100 valence electrons. The van der Waals surface area contributed by atoms with Crippen molar-refractivity contribution in [2.75, 3.05) is 0 Å². The number of hydrogen-bond acceptors (Lipinski definition) is 2. The lowest BCUT2D eigenvalue weighted by Crippen LogP contribution is -2.08. The molecule has 0 saturated carbocycles. The molecule has 0 bridgehead atoms. The maximum Gasteiger partial charge on any atom is 0.171 e. The number of Topliss-reactive ketones (excluding diaryl/α,β-unsaturated/α-hetero) is 1. The lowest BCUT2D eigenvalue weighted by molar-refractivity contribution is 0.0987. The predicted molar refractivity (Wildman–Crippen MR) is 74.7 cm³/mol. The summed E-state index contributed by atoms with van der Waals surface area (Å²) in [4.78, 5) is 12.1. The SMILES string of the molecule is CC(C)n1ccc(CC(=O)c2cccc(Br)c2F)n1. The summed E-state index contributed by atoms with van der Waals surface area (Å²) in [6.45, 7) is 4.01. The van der Waals surface area contributed by atoms with E-state index in [-0.39, 0.29) is 23.8 Å². The normalized spacial score (nSPS) is 11.0. The maximum absolute atomic E-state index is 13.8. The van der Waals surface area contributed by atoms with Gasteiger partial charge in [0.1, 0.15) is 5.82 Å². The molecule has 0 fully saturated rings. The Morgan fingerprint density at radius 2 is 2.16 bits per heavy atom. The Kier molecular flexibility index (Phi) is 4.14. The highest BCUT2D eigenvalue weighted by Crippen LogP contribution is 2.20. The summed E-state index contributed by atoms with van der Waals surface area (Å²) in [6, 6.07) is 6.73. The summed E-state index contributed by atoms with van der Waals surface area (Å²) in [6.07, 6.45) is 1.93. The van der Waals surface area contributed by atoms with Gasteiger partial charge in [0.05, 0.1) is 22.2 Å². The second kappa shape index (κ2) is 5.65. The third kappa shape index (κ3) is 3.10. The number of rotatable bonds is 4. The molecular formula is C14H14BrFN2O. The zero-order valence-corrected chi connectivity index (χ0v) is 12.3. The van der Waals surface area contributed by atoms with Gasteiger partial charge < -0.3 is 0 Å². The second-order valence-electron chi connectivity index (χ2n) is 4.58. The lowest BCUT2D eigenvalue weighted by atomic mass is 10.1. The number of halogens is 2. The van der Waals surface area contributed by atoms with E-state index in [1.807, 2.05) is 20.0 Å². The number of carbonyl (C=O) groups excluding carboxylic acids is 1. The minimum atomic E-state index is -0.518. The van der Waals surface area contributed by atoms with Crippen LogP contribution in [0, 0.1) is 5.82 Å². The molecule has 0 aliphatic rings. The fourth-order valence-corrected chi connectivity index (χ4v) is 2.10. The molecule has 1 aromatic carbocycles. The van der Waals surface area contributed by atoms with E-state index in [2.05, 4.69) is 21.0 Å². The third-order valence-electron chi connectivity index (χ3n) is 2.79. The first-order valence-corrected chi connectivity index (χ1v) is 6.79. The summed E-state index contributed by atoms with van der Waals surface area (Å²) in [7, 11) is 0. The lowest BCUT2D eigenvalue weighted by Gasteiger charge is -2.04. The standard InChI is InChI=1S/C14H14BrFN2O/c1-9(2)18-7-6-10(17-18)8-13(19)11-4-3-5-12(15)14(11)16/h3-7,9H,8H2,1-2H3. The van der Waals surface area contributed by atoms with Crippen molar-refractivity contribution in [1.29, 1.82) is 0 Å². The van der Waals surface area contributed by atoms with Crippen LogP contribution in [-0.2, 0) is 6.42 Å². The van der Waals surface area contributed by atoms with Crippen LogP contribution >= 0.6 is 15.9 Å². The van der Waals surface area contributed by atoms with Crippen LogP contribution in [0.15, 0.2) is 34.9 Å². The van der Waals surface area contributed by atoms with Crippen molar-refractivity contribution in [1.82, 2.24) is 9.78 Å². The molecule has 2 rings (SSSR count). The number of hydrogen-bond donors (Lipinski definition) is 0. The molecule has 1 heterocycles. The summed E-state index contributed by atoms with van der Waals surface area (Å²) >= 11 is 3.08. The summed E-state index contributed by atoms with van der Waals surface area (Å²) in [5.74, 6) is -0.788. The van der Waals surface area contributed by atoms with E-state index in [0.717, 1.165) is 0 Å². The maximum atomic E-state index is 13.8. The number of carbonyl (C=O) groups is 1. The van der Waals surface area contributed by atoms with Gasteiger partial charge in [-0.15, -0.1) is 0 Å². The average Bonchev–Trinajstić information content (AvgIpc) is 2.81. The first-order valence-electron chi connectivity index (χ1n) is 6.00. The molecule has 0 saturated heterocycles. The van der Waals surface area contributed by atoms with E-state index >= 15 is 0 Å². The molecule has 0 N–H and O–H groups in total. The zero-order valence-electron chi connectivity index (χ0n) is 10.7. The van der Waals surface area contributed by atoms with Gasteiger partial charge >= 0.3 is 0 Å². The molecule has 0 aliphatic carbocycles. The van der Waals surface area contributed by atoms with Crippen LogP contribution in [0.2, 0.25) is 0 Å². The summed E-state index contributed by atoms with van der Waals surface area (Å²) in [5.41, 5.74) is 0.742. The predicted octanol–water partition coefficient (Wildman–Crippen LogP) is 3.79. The Balaban J connectivity index is 2.18. The average molecular weight is 325 g/mol. The van der Waals surface area contributed by atoms with Crippen LogP contribution < -0.4 is 0 Å². The van der Waals surface area contributed by atoms with Crippen LogP contribution in [0.1, 0.15) is 35.9 Å².